The molecule has 3 rings (SSSR count). The van der Waals surface area contributed by atoms with Crippen LogP contribution in [0.2, 0.25) is 0 Å². The van der Waals surface area contributed by atoms with E-state index >= 15 is 0 Å². The third-order valence-corrected chi connectivity index (χ3v) is 4.54. The van der Waals surface area contributed by atoms with Crippen LogP contribution in [-0.4, -0.2) is 63.6 Å². The number of para-hydroxylation sites is 1. The number of phenols is 1. The zero-order valence-corrected chi connectivity index (χ0v) is 15.2. The maximum atomic E-state index is 11.5. The van der Waals surface area contributed by atoms with Crippen LogP contribution in [0, 0.1) is 0 Å². The van der Waals surface area contributed by atoms with E-state index in [0.717, 1.165) is 0 Å². The molecule has 28 heavy (non-hydrogen) atoms. The van der Waals surface area contributed by atoms with Gasteiger partial charge in [-0.05, 0) is 23.8 Å². The van der Waals surface area contributed by atoms with Gasteiger partial charge in [-0.15, -0.1) is 0 Å². The van der Waals surface area contributed by atoms with Crippen molar-refractivity contribution in [2.24, 2.45) is 0 Å². The van der Waals surface area contributed by atoms with Gasteiger partial charge in [0.2, 0.25) is 12.2 Å². The molecule has 1 fully saturated rings. The molecule has 2 aromatic rings. The number of carbonyl (C=O) groups is 1. The molecule has 5 atom stereocenters. The number of hydrogen-bond acceptors (Lipinski definition) is 7. The second-order valence-electron chi connectivity index (χ2n) is 6.60. The Morgan fingerprint density at radius 2 is 1.89 bits per heavy atom. The summed E-state index contributed by atoms with van der Waals surface area (Å²) < 4.78 is 11.5. The summed E-state index contributed by atoms with van der Waals surface area (Å²) in [7, 11) is 0. The average Bonchev–Trinajstić information content (AvgIpc) is 2.67. The molecule has 150 valence electrons. The fraction of sp³-hybridized carbons (Fsp3) is 0.350. The van der Waals surface area contributed by atoms with E-state index in [0.29, 0.717) is 16.9 Å². The van der Waals surface area contributed by atoms with Gasteiger partial charge >= 0.3 is 0 Å². The van der Waals surface area contributed by atoms with Crippen LogP contribution >= 0.6 is 0 Å². The van der Waals surface area contributed by atoms with E-state index in [4.69, 9.17) is 9.47 Å². The highest BCUT2D eigenvalue weighted by atomic mass is 16.7. The Balaban J connectivity index is 1.93. The summed E-state index contributed by atoms with van der Waals surface area (Å²) in [6.07, 6.45) is -5.01. The predicted octanol–water partition coefficient (Wildman–Crippen LogP) is 0.382. The van der Waals surface area contributed by atoms with E-state index in [1.54, 1.807) is 48.5 Å². The van der Waals surface area contributed by atoms with Crippen molar-refractivity contribution in [2.75, 3.05) is 6.61 Å². The number of ether oxygens (including phenoxy) is 2. The number of aliphatic hydroxyl groups excluding tert-OH is 3. The van der Waals surface area contributed by atoms with Crippen LogP contribution in [0.25, 0.3) is 11.1 Å². The number of nitrogens with one attached hydrogen (secondary N) is 1. The van der Waals surface area contributed by atoms with Gasteiger partial charge < -0.3 is 35.2 Å². The minimum absolute atomic E-state index is 0.0937. The molecular formula is C20H23NO7. The van der Waals surface area contributed by atoms with Gasteiger partial charge in [-0.2, -0.15) is 0 Å². The highest BCUT2D eigenvalue weighted by Crippen LogP contribution is 2.34. The van der Waals surface area contributed by atoms with Gasteiger partial charge in [0.1, 0.15) is 35.9 Å². The second-order valence-corrected chi connectivity index (χ2v) is 6.60. The molecule has 0 saturated carbocycles. The lowest BCUT2D eigenvalue weighted by molar-refractivity contribution is -0.244. The molecule has 1 aliphatic rings. The number of aromatic hydroxyl groups is 1. The summed E-state index contributed by atoms with van der Waals surface area (Å²) in [6, 6.07) is 12.6. The van der Waals surface area contributed by atoms with Crippen molar-refractivity contribution < 1.29 is 34.7 Å². The molecule has 0 spiro atoms. The largest absolute Gasteiger partial charge is 0.508 e. The minimum atomic E-state index is -1.40. The Bertz CT molecular complexity index is 828. The number of rotatable bonds is 5. The van der Waals surface area contributed by atoms with Gasteiger partial charge in [0.25, 0.3) is 0 Å². The summed E-state index contributed by atoms with van der Waals surface area (Å²) in [5, 5.41) is 42.2. The lowest BCUT2D eigenvalue weighted by Crippen LogP contribution is -2.65. The van der Waals surface area contributed by atoms with Gasteiger partial charge in [-0.3, -0.25) is 4.79 Å². The molecule has 2 aromatic carbocycles. The number of aliphatic hydroxyl groups is 3. The molecule has 1 heterocycles. The smallest absolute Gasteiger partial charge is 0.223 e. The molecule has 1 saturated heterocycles. The van der Waals surface area contributed by atoms with Crippen LogP contribution in [0.3, 0.4) is 0 Å². The third-order valence-electron chi connectivity index (χ3n) is 4.54. The molecule has 1 aliphatic heterocycles. The van der Waals surface area contributed by atoms with Crippen molar-refractivity contribution in [1.29, 1.82) is 0 Å². The van der Waals surface area contributed by atoms with E-state index in [1.165, 1.54) is 6.92 Å². The standard InChI is InChI=1S/C20H23NO7/c1-11(23)21-17-19(26)18(25)16(10-22)28-20(17)27-15-8-3-2-7-14(15)12-5-4-6-13(24)9-12/h2-9,16-20,22,24-26H,10H2,1H3,(H,21,23)/t16-,17-,18+,19-,20-/m1/s1. The van der Waals surface area contributed by atoms with Crippen LogP contribution in [0.15, 0.2) is 48.5 Å². The van der Waals surface area contributed by atoms with Crippen LogP contribution in [0.4, 0.5) is 0 Å². The minimum Gasteiger partial charge on any atom is -0.508 e. The van der Waals surface area contributed by atoms with Gasteiger partial charge in [0.15, 0.2) is 0 Å². The van der Waals surface area contributed by atoms with Crippen LogP contribution in [-0.2, 0) is 9.53 Å². The first-order valence-electron chi connectivity index (χ1n) is 8.85. The van der Waals surface area contributed by atoms with Crippen molar-refractivity contribution in [2.45, 2.75) is 37.6 Å². The first-order valence-corrected chi connectivity index (χ1v) is 8.85. The summed E-state index contributed by atoms with van der Waals surface area (Å²) in [4.78, 5) is 11.5. The number of hydrogen-bond donors (Lipinski definition) is 5. The summed E-state index contributed by atoms with van der Waals surface area (Å²) in [5.41, 5.74) is 1.35. The van der Waals surface area contributed by atoms with Crippen LogP contribution in [0.5, 0.6) is 11.5 Å². The van der Waals surface area contributed by atoms with Crippen molar-refractivity contribution in [3.05, 3.63) is 48.5 Å². The van der Waals surface area contributed by atoms with Crippen molar-refractivity contribution in [3.8, 4) is 22.6 Å². The predicted molar refractivity (Wildman–Crippen MR) is 99.5 cm³/mol. The topological polar surface area (TPSA) is 128 Å². The summed E-state index contributed by atoms with van der Waals surface area (Å²) >= 11 is 0. The number of carbonyl (C=O) groups excluding carboxylic acids is 1. The Morgan fingerprint density at radius 1 is 1.14 bits per heavy atom. The molecule has 8 heteroatoms. The van der Waals surface area contributed by atoms with Crippen LogP contribution < -0.4 is 10.1 Å². The lowest BCUT2D eigenvalue weighted by atomic mass is 9.96. The molecule has 1 amide bonds. The molecule has 8 nitrogen and oxygen atoms in total. The fourth-order valence-electron chi connectivity index (χ4n) is 3.18. The first kappa shape index (κ1) is 20.1. The number of benzene rings is 2. The normalized spacial score (nSPS) is 27.2. The fourth-order valence-corrected chi connectivity index (χ4v) is 3.18. The van der Waals surface area contributed by atoms with E-state index < -0.39 is 43.2 Å². The quantitative estimate of drug-likeness (QED) is 0.500. The maximum Gasteiger partial charge on any atom is 0.223 e. The molecule has 0 radical (unpaired) electrons. The van der Waals surface area contributed by atoms with Gasteiger partial charge in [-0.25, -0.2) is 0 Å². The van der Waals surface area contributed by atoms with Crippen molar-refractivity contribution in [1.82, 2.24) is 5.32 Å². The number of phenolic OH excluding ortho intramolecular Hbond substituents is 1. The highest BCUT2D eigenvalue weighted by Gasteiger charge is 2.46. The third kappa shape index (κ3) is 4.26. The van der Waals surface area contributed by atoms with Crippen LogP contribution in [0.1, 0.15) is 6.92 Å². The zero-order valence-electron chi connectivity index (χ0n) is 15.2. The second kappa shape index (κ2) is 8.57. The van der Waals surface area contributed by atoms with Gasteiger partial charge in [0.05, 0.1) is 6.61 Å². The Labute approximate surface area is 162 Å². The summed E-state index contributed by atoms with van der Waals surface area (Å²) in [6.45, 7) is 0.744. The van der Waals surface area contributed by atoms with Gasteiger partial charge in [0, 0.05) is 12.5 Å². The lowest BCUT2D eigenvalue weighted by Gasteiger charge is -2.42. The molecular weight excluding hydrogens is 366 g/mol. The Morgan fingerprint density at radius 3 is 2.57 bits per heavy atom. The molecule has 0 aromatic heterocycles. The summed E-state index contributed by atoms with van der Waals surface area (Å²) in [5.74, 6) is 0.0436. The molecule has 0 unspecified atom stereocenters. The maximum absolute atomic E-state index is 11.5. The first-order chi connectivity index (χ1) is 13.4. The average molecular weight is 389 g/mol. The van der Waals surface area contributed by atoms with E-state index in [1.807, 2.05) is 0 Å². The molecule has 0 aliphatic carbocycles. The van der Waals surface area contributed by atoms with E-state index in [2.05, 4.69) is 5.32 Å². The van der Waals surface area contributed by atoms with Crippen molar-refractivity contribution >= 4 is 5.91 Å². The molecule has 0 bridgehead atoms. The molecule has 5 N–H and O–H groups in total. The SMILES string of the molecule is CC(=O)N[C@H]1[C@H](Oc2ccccc2-c2cccc(O)c2)O[C@H](CO)[C@H](O)[C@@H]1O. The number of amides is 1. The Kier molecular flexibility index (Phi) is 6.15. The van der Waals surface area contributed by atoms with E-state index in [9.17, 15) is 25.2 Å². The van der Waals surface area contributed by atoms with E-state index in [-0.39, 0.29) is 5.75 Å². The zero-order chi connectivity index (χ0) is 20.3. The monoisotopic (exact) mass is 389 g/mol. The highest BCUT2D eigenvalue weighted by molar-refractivity contribution is 5.73. The Hall–Kier alpha value is -2.65. The van der Waals surface area contributed by atoms with Crippen molar-refractivity contribution in [3.63, 3.8) is 0 Å². The van der Waals surface area contributed by atoms with Gasteiger partial charge in [-0.1, -0.05) is 30.3 Å².